The van der Waals surface area contributed by atoms with Crippen molar-refractivity contribution in [2.45, 2.75) is 36.9 Å². The average Bonchev–Trinajstić information content (AvgIpc) is 2.63. The van der Waals surface area contributed by atoms with E-state index in [1.54, 1.807) is 36.0 Å². The lowest BCUT2D eigenvalue weighted by molar-refractivity contribution is 0.261. The first-order valence-electron chi connectivity index (χ1n) is 8.38. The molecule has 27 heavy (non-hydrogen) atoms. The van der Waals surface area contributed by atoms with Gasteiger partial charge in [-0.2, -0.15) is 5.10 Å². The van der Waals surface area contributed by atoms with Crippen LogP contribution in [-0.4, -0.2) is 39.4 Å². The first-order valence-corrected chi connectivity index (χ1v) is 10.2. The summed E-state index contributed by atoms with van der Waals surface area (Å²) < 4.78 is 5.03. The second-order valence-electron chi connectivity index (χ2n) is 5.49. The molecule has 2 aromatic rings. The summed E-state index contributed by atoms with van der Waals surface area (Å²) >= 11 is 2.53. The lowest BCUT2D eigenvalue weighted by atomic mass is 10.2. The van der Waals surface area contributed by atoms with Gasteiger partial charge < -0.3 is 9.84 Å². The molecule has 1 aromatic heterocycles. The van der Waals surface area contributed by atoms with E-state index in [0.717, 1.165) is 36.1 Å². The monoisotopic (exact) mass is 406 g/mol. The maximum atomic E-state index is 12.1. The van der Waals surface area contributed by atoms with Gasteiger partial charge in [-0.15, -0.1) is 0 Å². The van der Waals surface area contributed by atoms with Crippen molar-refractivity contribution in [2.24, 2.45) is 5.10 Å². The summed E-state index contributed by atoms with van der Waals surface area (Å²) in [5.41, 5.74) is 3.66. The van der Waals surface area contributed by atoms with Crippen molar-refractivity contribution in [1.29, 1.82) is 0 Å². The van der Waals surface area contributed by atoms with Crippen LogP contribution < -0.4 is 10.2 Å². The number of phenolic OH excluding ortho intramolecular Hbond substituents is 1. The van der Waals surface area contributed by atoms with Gasteiger partial charge in [-0.3, -0.25) is 4.79 Å². The molecule has 144 valence electrons. The van der Waals surface area contributed by atoms with Gasteiger partial charge in [0.25, 0.3) is 0 Å². The third-order valence-electron chi connectivity index (χ3n) is 3.35. The van der Waals surface area contributed by atoms with E-state index in [1.807, 2.05) is 6.92 Å². The van der Waals surface area contributed by atoms with Crippen LogP contribution in [0.15, 0.2) is 39.5 Å². The van der Waals surface area contributed by atoms with Crippen LogP contribution in [0, 0.1) is 6.92 Å². The van der Waals surface area contributed by atoms with Gasteiger partial charge >= 0.3 is 5.24 Å². The van der Waals surface area contributed by atoms with Gasteiger partial charge in [0, 0.05) is 17.0 Å². The van der Waals surface area contributed by atoms with Crippen LogP contribution in [0.25, 0.3) is 0 Å². The number of methoxy groups -OCH3 is 1. The van der Waals surface area contributed by atoms with Crippen LogP contribution in [0.3, 0.4) is 0 Å². The summed E-state index contributed by atoms with van der Waals surface area (Å²) in [7, 11) is 1.47. The predicted octanol–water partition coefficient (Wildman–Crippen LogP) is 4.23. The second kappa shape index (κ2) is 10.8. The highest BCUT2D eigenvalue weighted by Gasteiger charge is 2.09. The largest absolute Gasteiger partial charge is 0.504 e. The van der Waals surface area contributed by atoms with E-state index in [1.165, 1.54) is 13.3 Å². The lowest BCUT2D eigenvalue weighted by Gasteiger charge is -2.05. The molecule has 0 spiro atoms. The fraction of sp³-hybridized carbons (Fsp3) is 0.333. The van der Waals surface area contributed by atoms with Crippen LogP contribution >= 0.6 is 23.5 Å². The number of benzene rings is 1. The van der Waals surface area contributed by atoms with Crippen LogP contribution in [0.5, 0.6) is 11.5 Å². The van der Waals surface area contributed by atoms with Gasteiger partial charge in [0.1, 0.15) is 5.03 Å². The average molecular weight is 407 g/mol. The number of hydrogen-bond donors (Lipinski definition) is 2. The third kappa shape index (κ3) is 6.76. The van der Waals surface area contributed by atoms with Crippen molar-refractivity contribution in [2.75, 3.05) is 12.9 Å². The molecular formula is C18H22N4O3S2. The van der Waals surface area contributed by atoms with E-state index in [0.29, 0.717) is 21.5 Å². The predicted molar refractivity (Wildman–Crippen MR) is 109 cm³/mol. The molecule has 7 nitrogen and oxygen atoms in total. The molecule has 0 aliphatic rings. The SMILES string of the molecule is CCCCSc1nc(C)cc(SC(=O)N/N=C/c2cccc(OC)c2O)n1. The van der Waals surface area contributed by atoms with E-state index in [4.69, 9.17) is 4.74 Å². The van der Waals surface area contributed by atoms with Crippen molar-refractivity contribution in [3.63, 3.8) is 0 Å². The molecule has 0 saturated heterocycles. The van der Waals surface area contributed by atoms with E-state index >= 15 is 0 Å². The molecule has 0 fully saturated rings. The zero-order valence-electron chi connectivity index (χ0n) is 15.4. The normalized spacial score (nSPS) is 10.9. The van der Waals surface area contributed by atoms with Gasteiger partial charge in [-0.1, -0.05) is 31.2 Å². The molecule has 1 amide bonds. The minimum atomic E-state index is -0.378. The number of hydrogen-bond acceptors (Lipinski definition) is 8. The first kappa shape index (κ1) is 21.0. The van der Waals surface area contributed by atoms with Crippen molar-refractivity contribution < 1.29 is 14.6 Å². The van der Waals surface area contributed by atoms with Gasteiger partial charge in [0.15, 0.2) is 16.7 Å². The van der Waals surface area contributed by atoms with E-state index in [2.05, 4.69) is 27.4 Å². The number of rotatable bonds is 8. The van der Waals surface area contributed by atoms with Crippen LogP contribution in [-0.2, 0) is 0 Å². The lowest BCUT2D eigenvalue weighted by Crippen LogP contribution is -2.11. The molecule has 2 N–H and O–H groups in total. The molecule has 1 aromatic carbocycles. The van der Waals surface area contributed by atoms with Gasteiger partial charge in [-0.05, 0) is 43.3 Å². The van der Waals surface area contributed by atoms with Crippen LogP contribution in [0.4, 0.5) is 4.79 Å². The summed E-state index contributed by atoms with van der Waals surface area (Å²) in [6, 6.07) is 6.77. The number of phenols is 1. The Morgan fingerprint density at radius 2 is 2.22 bits per heavy atom. The third-order valence-corrected chi connectivity index (χ3v) is 4.97. The zero-order valence-corrected chi connectivity index (χ0v) is 17.1. The summed E-state index contributed by atoms with van der Waals surface area (Å²) in [6.07, 6.45) is 3.56. The maximum absolute atomic E-state index is 12.1. The van der Waals surface area contributed by atoms with E-state index in [9.17, 15) is 9.90 Å². The summed E-state index contributed by atoms with van der Waals surface area (Å²) in [4.78, 5) is 20.8. The fourth-order valence-electron chi connectivity index (χ4n) is 2.02. The van der Waals surface area contributed by atoms with Crippen molar-refractivity contribution >= 4 is 35.0 Å². The Kier molecular flexibility index (Phi) is 8.41. The Balaban J connectivity index is 1.95. The molecule has 1 heterocycles. The topological polar surface area (TPSA) is 96.7 Å². The Morgan fingerprint density at radius 1 is 1.41 bits per heavy atom. The van der Waals surface area contributed by atoms with Crippen molar-refractivity contribution in [1.82, 2.24) is 15.4 Å². The molecule has 0 atom stereocenters. The quantitative estimate of drug-likeness (QED) is 0.169. The summed E-state index contributed by atoms with van der Waals surface area (Å²) in [5.74, 6) is 1.25. The number of unbranched alkanes of at least 4 members (excludes halogenated alkanes) is 1. The molecule has 0 radical (unpaired) electrons. The fourth-order valence-corrected chi connectivity index (χ4v) is 3.71. The maximum Gasteiger partial charge on any atom is 0.305 e. The molecule has 0 bridgehead atoms. The van der Waals surface area contributed by atoms with Gasteiger partial charge in [0.05, 0.1) is 13.3 Å². The number of aromatic hydroxyl groups is 1. The highest BCUT2D eigenvalue weighted by Crippen LogP contribution is 2.28. The highest BCUT2D eigenvalue weighted by atomic mass is 32.2. The van der Waals surface area contributed by atoms with Gasteiger partial charge in [0.2, 0.25) is 0 Å². The summed E-state index contributed by atoms with van der Waals surface area (Å²) in [5, 5.41) is 14.7. The van der Waals surface area contributed by atoms with Crippen molar-refractivity contribution in [3.05, 3.63) is 35.5 Å². The standard InChI is InChI=1S/C18H22N4O3S2/c1-4-5-9-26-17-20-12(2)10-15(21-17)27-18(24)22-19-11-13-7-6-8-14(25-3)16(13)23/h6-8,10-11,23H,4-5,9H2,1-3H3,(H,22,24)/b19-11+. The Bertz CT molecular complexity index is 815. The van der Waals surface area contributed by atoms with Crippen LogP contribution in [0.1, 0.15) is 31.0 Å². The number of thioether (sulfide) groups is 2. The Morgan fingerprint density at radius 3 is 2.96 bits per heavy atom. The molecule has 0 saturated carbocycles. The first-order chi connectivity index (χ1) is 13.0. The van der Waals surface area contributed by atoms with Crippen molar-refractivity contribution in [3.8, 4) is 11.5 Å². The number of amides is 1. The molecule has 0 unspecified atom stereocenters. The van der Waals surface area contributed by atoms with E-state index < -0.39 is 0 Å². The summed E-state index contributed by atoms with van der Waals surface area (Å²) in [6.45, 7) is 4.01. The minimum absolute atomic E-state index is 0.0363. The number of para-hydroxylation sites is 1. The van der Waals surface area contributed by atoms with Gasteiger partial charge in [-0.25, -0.2) is 15.4 Å². The Labute approximate surface area is 167 Å². The number of ether oxygens (including phenoxy) is 1. The molecule has 2 rings (SSSR count). The number of nitrogens with zero attached hydrogens (tertiary/aromatic N) is 3. The number of aromatic nitrogens is 2. The van der Waals surface area contributed by atoms with E-state index in [-0.39, 0.29) is 11.0 Å². The molecule has 9 heteroatoms. The second-order valence-corrected chi connectivity index (χ2v) is 7.55. The Hall–Kier alpha value is -2.26. The smallest absolute Gasteiger partial charge is 0.305 e. The molecule has 0 aliphatic carbocycles. The number of carbonyl (C=O) groups is 1. The zero-order chi connectivity index (χ0) is 19.6. The number of nitrogens with one attached hydrogen (secondary N) is 1. The molecule has 0 aliphatic heterocycles. The number of aryl methyl sites for hydroxylation is 1. The van der Waals surface area contributed by atoms with Crippen LogP contribution in [0.2, 0.25) is 0 Å². The highest BCUT2D eigenvalue weighted by molar-refractivity contribution is 8.13. The molecular weight excluding hydrogens is 384 g/mol. The number of carbonyl (C=O) groups excluding carboxylic acids is 1. The number of hydrazone groups is 1. The minimum Gasteiger partial charge on any atom is -0.504 e.